The van der Waals surface area contributed by atoms with Crippen molar-refractivity contribution in [1.29, 1.82) is 0 Å². The first-order chi connectivity index (χ1) is 12.2. The number of aromatic nitrogens is 2. The lowest BCUT2D eigenvalue weighted by atomic mass is 10.1. The lowest BCUT2D eigenvalue weighted by Crippen LogP contribution is -2.37. The molecule has 0 saturated carbocycles. The number of carbonyl (C=O) groups is 1. The molecule has 0 unspecified atom stereocenters. The Morgan fingerprint density at radius 3 is 2.60 bits per heavy atom. The summed E-state index contributed by atoms with van der Waals surface area (Å²) in [6, 6.07) is 9.64. The zero-order valence-electron chi connectivity index (χ0n) is 14.8. The number of nitrogens with zero attached hydrogens (tertiary/aromatic N) is 3. The van der Waals surface area contributed by atoms with Crippen LogP contribution in [0.2, 0.25) is 0 Å². The van der Waals surface area contributed by atoms with Gasteiger partial charge in [0, 0.05) is 30.4 Å². The van der Waals surface area contributed by atoms with Crippen molar-refractivity contribution >= 4 is 11.7 Å². The number of carbonyl (C=O) groups excluding carboxylic acids is 1. The van der Waals surface area contributed by atoms with Gasteiger partial charge in [-0.3, -0.25) is 4.79 Å². The number of ether oxygens (including phenoxy) is 1. The van der Waals surface area contributed by atoms with Crippen LogP contribution < -0.4 is 10.2 Å². The highest BCUT2D eigenvalue weighted by molar-refractivity contribution is 5.94. The predicted molar refractivity (Wildman–Crippen MR) is 96.8 cm³/mol. The zero-order chi connectivity index (χ0) is 17.6. The molecule has 0 spiro atoms. The molecular formula is C19H24N4O2. The monoisotopic (exact) mass is 340 g/mol. The molecule has 1 amide bonds. The van der Waals surface area contributed by atoms with Gasteiger partial charge >= 0.3 is 0 Å². The van der Waals surface area contributed by atoms with Gasteiger partial charge in [-0.05, 0) is 31.0 Å². The minimum Gasteiger partial charge on any atom is -0.378 e. The highest BCUT2D eigenvalue weighted by Crippen LogP contribution is 2.14. The fourth-order valence-corrected chi connectivity index (χ4v) is 2.80. The minimum atomic E-state index is -0.110. The van der Waals surface area contributed by atoms with Gasteiger partial charge in [0.1, 0.15) is 11.6 Å². The first-order valence-corrected chi connectivity index (χ1v) is 8.70. The average Bonchev–Trinajstić information content (AvgIpc) is 2.66. The molecule has 132 valence electrons. The number of benzene rings is 1. The van der Waals surface area contributed by atoms with Crippen molar-refractivity contribution in [3.05, 3.63) is 53.0 Å². The van der Waals surface area contributed by atoms with Gasteiger partial charge in [-0.15, -0.1) is 0 Å². The summed E-state index contributed by atoms with van der Waals surface area (Å²) in [7, 11) is 0. The molecule has 1 aliphatic rings. The number of rotatable bonds is 5. The van der Waals surface area contributed by atoms with E-state index in [0.717, 1.165) is 31.0 Å². The van der Waals surface area contributed by atoms with Gasteiger partial charge in [-0.2, -0.15) is 0 Å². The SMILES string of the molecule is CCc1ccc(C(=O)NCc2nc(C)cc(N3CCOCC3)n2)cc1. The van der Waals surface area contributed by atoms with Crippen LogP contribution in [0.5, 0.6) is 0 Å². The van der Waals surface area contributed by atoms with E-state index in [1.807, 2.05) is 37.3 Å². The summed E-state index contributed by atoms with van der Waals surface area (Å²) < 4.78 is 5.38. The predicted octanol–water partition coefficient (Wildman–Crippen LogP) is 2.11. The van der Waals surface area contributed by atoms with Crippen LogP contribution in [0.4, 0.5) is 5.82 Å². The van der Waals surface area contributed by atoms with Gasteiger partial charge in [-0.1, -0.05) is 19.1 Å². The highest BCUT2D eigenvalue weighted by Gasteiger charge is 2.14. The van der Waals surface area contributed by atoms with Gasteiger partial charge in [0.05, 0.1) is 19.8 Å². The first kappa shape index (κ1) is 17.4. The van der Waals surface area contributed by atoms with Crippen LogP contribution in [0, 0.1) is 6.92 Å². The lowest BCUT2D eigenvalue weighted by molar-refractivity contribution is 0.0950. The standard InChI is InChI=1S/C19H24N4O2/c1-3-15-4-6-16(7-5-15)19(24)20-13-17-21-14(2)12-18(22-17)23-8-10-25-11-9-23/h4-7,12H,3,8-11,13H2,1-2H3,(H,20,24). The molecule has 1 fully saturated rings. The molecule has 1 aromatic carbocycles. The Morgan fingerprint density at radius 2 is 1.92 bits per heavy atom. The summed E-state index contributed by atoms with van der Waals surface area (Å²) in [5.74, 6) is 1.41. The Balaban J connectivity index is 1.65. The molecule has 1 aliphatic heterocycles. The second-order valence-corrected chi connectivity index (χ2v) is 6.12. The van der Waals surface area contributed by atoms with Crippen molar-refractivity contribution in [2.75, 3.05) is 31.2 Å². The topological polar surface area (TPSA) is 67.4 Å². The summed E-state index contributed by atoms with van der Waals surface area (Å²) in [4.78, 5) is 23.5. The van der Waals surface area contributed by atoms with E-state index in [4.69, 9.17) is 4.74 Å². The number of morpholine rings is 1. The van der Waals surface area contributed by atoms with Crippen molar-refractivity contribution in [3.63, 3.8) is 0 Å². The Hall–Kier alpha value is -2.47. The number of anilines is 1. The maximum atomic E-state index is 12.3. The summed E-state index contributed by atoms with van der Waals surface area (Å²) in [6.07, 6.45) is 0.962. The Bertz CT molecular complexity index is 725. The summed E-state index contributed by atoms with van der Waals surface area (Å²) in [5.41, 5.74) is 2.76. The Labute approximate surface area is 148 Å². The van der Waals surface area contributed by atoms with E-state index in [9.17, 15) is 4.79 Å². The second kappa shape index (κ2) is 8.07. The van der Waals surface area contributed by atoms with Gasteiger partial charge in [0.25, 0.3) is 5.91 Å². The van der Waals surface area contributed by atoms with Crippen LogP contribution in [0.3, 0.4) is 0 Å². The number of nitrogens with one attached hydrogen (secondary N) is 1. The van der Waals surface area contributed by atoms with E-state index in [-0.39, 0.29) is 5.91 Å². The summed E-state index contributed by atoms with van der Waals surface area (Å²) >= 11 is 0. The fourth-order valence-electron chi connectivity index (χ4n) is 2.80. The molecule has 0 bridgehead atoms. The van der Waals surface area contributed by atoms with Gasteiger partial charge in [-0.25, -0.2) is 9.97 Å². The van der Waals surface area contributed by atoms with Crippen molar-refractivity contribution in [1.82, 2.24) is 15.3 Å². The van der Waals surface area contributed by atoms with E-state index < -0.39 is 0 Å². The molecule has 0 radical (unpaired) electrons. The van der Waals surface area contributed by atoms with Crippen molar-refractivity contribution in [3.8, 4) is 0 Å². The quantitative estimate of drug-likeness (QED) is 0.903. The molecule has 3 rings (SSSR count). The van der Waals surface area contributed by atoms with Crippen LogP contribution in [-0.4, -0.2) is 42.2 Å². The molecule has 0 aliphatic carbocycles. The summed E-state index contributed by atoms with van der Waals surface area (Å²) in [6.45, 7) is 7.42. The molecule has 6 nitrogen and oxygen atoms in total. The number of aryl methyl sites for hydroxylation is 2. The number of hydrogen-bond acceptors (Lipinski definition) is 5. The fraction of sp³-hybridized carbons (Fsp3) is 0.421. The molecule has 1 N–H and O–H groups in total. The van der Waals surface area contributed by atoms with Crippen LogP contribution in [-0.2, 0) is 17.7 Å². The van der Waals surface area contributed by atoms with Crippen molar-refractivity contribution in [2.24, 2.45) is 0 Å². The van der Waals surface area contributed by atoms with Crippen LogP contribution in [0.25, 0.3) is 0 Å². The Morgan fingerprint density at radius 1 is 1.20 bits per heavy atom. The number of amides is 1. The third kappa shape index (κ3) is 4.54. The molecule has 6 heteroatoms. The average molecular weight is 340 g/mol. The maximum absolute atomic E-state index is 12.3. The molecule has 2 heterocycles. The van der Waals surface area contributed by atoms with Gasteiger partial charge in [0.15, 0.2) is 0 Å². The first-order valence-electron chi connectivity index (χ1n) is 8.70. The molecule has 25 heavy (non-hydrogen) atoms. The molecule has 1 saturated heterocycles. The molecular weight excluding hydrogens is 316 g/mol. The van der Waals surface area contributed by atoms with Crippen LogP contribution in [0.15, 0.2) is 30.3 Å². The van der Waals surface area contributed by atoms with E-state index in [1.165, 1.54) is 5.56 Å². The summed E-state index contributed by atoms with van der Waals surface area (Å²) in [5, 5.41) is 2.90. The number of hydrogen-bond donors (Lipinski definition) is 1. The van der Waals surface area contributed by atoms with Crippen LogP contribution >= 0.6 is 0 Å². The Kier molecular flexibility index (Phi) is 5.60. The molecule has 0 atom stereocenters. The third-order valence-electron chi connectivity index (χ3n) is 4.25. The maximum Gasteiger partial charge on any atom is 0.251 e. The highest BCUT2D eigenvalue weighted by atomic mass is 16.5. The molecule has 2 aromatic rings. The van der Waals surface area contributed by atoms with Gasteiger partial charge in [0.2, 0.25) is 0 Å². The van der Waals surface area contributed by atoms with E-state index in [0.29, 0.717) is 31.1 Å². The zero-order valence-corrected chi connectivity index (χ0v) is 14.8. The minimum absolute atomic E-state index is 0.110. The second-order valence-electron chi connectivity index (χ2n) is 6.12. The normalized spacial score (nSPS) is 14.4. The van der Waals surface area contributed by atoms with Gasteiger partial charge < -0.3 is 15.0 Å². The van der Waals surface area contributed by atoms with E-state index in [2.05, 4.69) is 27.1 Å². The lowest BCUT2D eigenvalue weighted by Gasteiger charge is -2.28. The van der Waals surface area contributed by atoms with Crippen LogP contribution in [0.1, 0.15) is 34.4 Å². The molecule has 1 aromatic heterocycles. The van der Waals surface area contributed by atoms with E-state index in [1.54, 1.807) is 0 Å². The largest absolute Gasteiger partial charge is 0.378 e. The van der Waals surface area contributed by atoms with Crippen molar-refractivity contribution in [2.45, 2.75) is 26.8 Å². The van der Waals surface area contributed by atoms with E-state index >= 15 is 0 Å². The third-order valence-corrected chi connectivity index (χ3v) is 4.25. The smallest absolute Gasteiger partial charge is 0.251 e. The van der Waals surface area contributed by atoms with Crippen molar-refractivity contribution < 1.29 is 9.53 Å².